The van der Waals surface area contributed by atoms with Crippen molar-refractivity contribution in [3.8, 4) is 0 Å². The second kappa shape index (κ2) is 5.03. The number of nitrogens with zero attached hydrogens (tertiary/aromatic N) is 2. The fourth-order valence-corrected chi connectivity index (χ4v) is 3.42. The van der Waals surface area contributed by atoms with E-state index in [1.165, 1.54) is 11.0 Å². The summed E-state index contributed by atoms with van der Waals surface area (Å²) in [4.78, 5) is 27.3. The van der Waals surface area contributed by atoms with Gasteiger partial charge in [-0.1, -0.05) is 13.8 Å². The van der Waals surface area contributed by atoms with Gasteiger partial charge in [-0.25, -0.2) is 14.6 Å². The minimum absolute atomic E-state index is 0.126. The quantitative estimate of drug-likeness (QED) is 0.489. The van der Waals surface area contributed by atoms with Gasteiger partial charge in [0.2, 0.25) is 6.08 Å². The average Bonchev–Trinajstić information content (AvgIpc) is 2.96. The Morgan fingerprint density at radius 3 is 2.76 bits per heavy atom. The lowest BCUT2D eigenvalue weighted by Crippen LogP contribution is -2.40. The van der Waals surface area contributed by atoms with Crippen LogP contribution in [0.3, 0.4) is 0 Å². The molecule has 2 rings (SSSR count). The van der Waals surface area contributed by atoms with Gasteiger partial charge in [0.25, 0.3) is 0 Å². The molecule has 118 valence electrons. The van der Waals surface area contributed by atoms with Crippen LogP contribution < -0.4 is 0 Å². The Morgan fingerprint density at radius 2 is 2.19 bits per heavy atom. The first-order valence-corrected chi connectivity index (χ1v) is 6.69. The third kappa shape index (κ3) is 3.77. The number of amides is 1. The van der Waals surface area contributed by atoms with Crippen LogP contribution in [0.15, 0.2) is 4.99 Å². The van der Waals surface area contributed by atoms with Crippen molar-refractivity contribution in [1.29, 1.82) is 0 Å². The molecule has 1 heterocycles. The second-order valence-corrected chi connectivity index (χ2v) is 6.65. The van der Waals surface area contributed by atoms with Gasteiger partial charge in [0.05, 0.1) is 11.6 Å². The molecule has 1 saturated heterocycles. The molecule has 2 unspecified atom stereocenters. The maximum absolute atomic E-state index is 12.3. The number of ether oxygens (including phenoxy) is 1. The van der Waals surface area contributed by atoms with E-state index in [2.05, 4.69) is 9.73 Å². The predicted molar refractivity (Wildman–Crippen MR) is 67.5 cm³/mol. The Hall–Kier alpha value is -1.53. The molecular formula is C13H18F2N2O4. The molecule has 2 aliphatic rings. The van der Waals surface area contributed by atoms with Crippen LogP contribution in [-0.4, -0.2) is 53.0 Å². The van der Waals surface area contributed by atoms with Crippen molar-refractivity contribution in [2.75, 3.05) is 13.2 Å². The number of isocyanates is 1. The summed E-state index contributed by atoms with van der Waals surface area (Å²) in [5.41, 5.74) is -0.617. The molecule has 1 N–H and O–H groups in total. The largest absolute Gasteiger partial charge is 0.440 e. The standard InChI is InChI=1S/C13H18F2N2O4/c1-11(2)3-9(16-8-18)4-12(5-11)6-17(12)10(19)21-7-13(14,15)20/h9,20H,3-7H2,1-2H3. The summed E-state index contributed by atoms with van der Waals surface area (Å²) < 4.78 is 29.0. The van der Waals surface area contributed by atoms with Gasteiger partial charge in [0.1, 0.15) is 0 Å². The number of carbonyl (C=O) groups is 1. The SMILES string of the molecule is CC1(C)CC(N=C=O)CC2(CN2C(=O)OCC(O)(F)F)C1. The monoisotopic (exact) mass is 304 g/mol. The molecule has 6 nitrogen and oxygen atoms in total. The van der Waals surface area contributed by atoms with Crippen LogP contribution >= 0.6 is 0 Å². The lowest BCUT2D eigenvalue weighted by atomic mass is 9.69. The molecule has 2 atom stereocenters. The van der Waals surface area contributed by atoms with Crippen LogP contribution in [0.5, 0.6) is 0 Å². The molecule has 1 amide bonds. The van der Waals surface area contributed by atoms with E-state index < -0.39 is 24.3 Å². The molecule has 0 aromatic carbocycles. The van der Waals surface area contributed by atoms with E-state index in [0.29, 0.717) is 25.8 Å². The molecule has 1 aliphatic carbocycles. The first-order valence-electron chi connectivity index (χ1n) is 6.69. The number of rotatable bonds is 3. The minimum atomic E-state index is -4.03. The van der Waals surface area contributed by atoms with Gasteiger partial charge < -0.3 is 9.84 Å². The molecule has 0 bridgehead atoms. The summed E-state index contributed by atoms with van der Waals surface area (Å²) in [6.07, 6.45) is -1.48. The highest BCUT2D eigenvalue weighted by atomic mass is 19.3. The number of aliphatic hydroxyl groups is 1. The Morgan fingerprint density at radius 1 is 1.52 bits per heavy atom. The minimum Gasteiger partial charge on any atom is -0.440 e. The summed E-state index contributed by atoms with van der Waals surface area (Å²) in [7, 11) is 0. The molecule has 0 radical (unpaired) electrons. The van der Waals surface area contributed by atoms with Crippen molar-refractivity contribution in [2.45, 2.75) is 50.8 Å². The van der Waals surface area contributed by atoms with Crippen molar-refractivity contribution in [3.63, 3.8) is 0 Å². The van der Waals surface area contributed by atoms with Crippen molar-refractivity contribution < 1.29 is 28.2 Å². The molecule has 8 heteroatoms. The molecule has 1 saturated carbocycles. The number of hydrogen-bond acceptors (Lipinski definition) is 5. The smallest absolute Gasteiger partial charge is 0.410 e. The molecule has 21 heavy (non-hydrogen) atoms. The Bertz CT molecular complexity index is 485. The highest BCUT2D eigenvalue weighted by molar-refractivity contribution is 5.72. The molecule has 1 aliphatic heterocycles. The third-order valence-electron chi connectivity index (χ3n) is 3.96. The van der Waals surface area contributed by atoms with Gasteiger partial charge in [-0.05, 0) is 24.7 Å². The zero-order valence-corrected chi connectivity index (χ0v) is 11.9. The van der Waals surface area contributed by atoms with Gasteiger partial charge >= 0.3 is 12.2 Å². The number of carbonyl (C=O) groups excluding carboxylic acids is 2. The zero-order chi connectivity index (χ0) is 15.9. The van der Waals surface area contributed by atoms with Gasteiger partial charge in [0.15, 0.2) is 6.61 Å². The zero-order valence-electron chi connectivity index (χ0n) is 11.9. The topological polar surface area (TPSA) is 79.0 Å². The van der Waals surface area contributed by atoms with Crippen molar-refractivity contribution in [2.24, 2.45) is 10.4 Å². The summed E-state index contributed by atoms with van der Waals surface area (Å²) in [6, 6.07) is -0.233. The summed E-state index contributed by atoms with van der Waals surface area (Å²) in [5, 5.41) is 8.28. The Balaban J connectivity index is 2.01. The van der Waals surface area contributed by atoms with E-state index in [1.807, 2.05) is 13.8 Å². The van der Waals surface area contributed by atoms with Crippen LogP contribution in [-0.2, 0) is 9.53 Å². The van der Waals surface area contributed by atoms with E-state index >= 15 is 0 Å². The maximum atomic E-state index is 12.3. The molecular weight excluding hydrogens is 286 g/mol. The van der Waals surface area contributed by atoms with E-state index in [1.54, 1.807) is 0 Å². The molecule has 0 aromatic rings. The van der Waals surface area contributed by atoms with Crippen LogP contribution in [0.4, 0.5) is 13.6 Å². The summed E-state index contributed by atoms with van der Waals surface area (Å²) >= 11 is 0. The first-order chi connectivity index (χ1) is 9.57. The van der Waals surface area contributed by atoms with Crippen molar-refractivity contribution >= 4 is 12.2 Å². The van der Waals surface area contributed by atoms with Crippen LogP contribution in [0, 0.1) is 5.41 Å². The normalized spacial score (nSPS) is 30.7. The first kappa shape index (κ1) is 15.9. The van der Waals surface area contributed by atoms with Crippen molar-refractivity contribution in [1.82, 2.24) is 4.90 Å². The number of hydrogen-bond donors (Lipinski definition) is 1. The third-order valence-corrected chi connectivity index (χ3v) is 3.96. The van der Waals surface area contributed by atoms with E-state index in [-0.39, 0.29) is 11.5 Å². The number of halogens is 2. The van der Waals surface area contributed by atoms with E-state index in [4.69, 9.17) is 5.11 Å². The fraction of sp³-hybridized carbons (Fsp3) is 0.846. The van der Waals surface area contributed by atoms with Crippen LogP contribution in [0.25, 0.3) is 0 Å². The van der Waals surface area contributed by atoms with E-state index in [9.17, 15) is 18.4 Å². The average molecular weight is 304 g/mol. The fourth-order valence-electron chi connectivity index (χ4n) is 3.42. The maximum Gasteiger partial charge on any atom is 0.410 e. The van der Waals surface area contributed by atoms with Crippen molar-refractivity contribution in [3.05, 3.63) is 0 Å². The molecule has 0 aromatic heterocycles. The molecule has 2 fully saturated rings. The van der Waals surface area contributed by atoms with Crippen LogP contribution in [0.1, 0.15) is 33.1 Å². The highest BCUT2D eigenvalue weighted by Crippen LogP contribution is 2.52. The summed E-state index contributed by atoms with van der Waals surface area (Å²) in [6.45, 7) is 3.03. The molecule has 1 spiro atoms. The second-order valence-electron chi connectivity index (χ2n) is 6.65. The predicted octanol–water partition coefficient (Wildman–Crippen LogP) is 1.68. The Labute approximate surface area is 120 Å². The van der Waals surface area contributed by atoms with E-state index in [0.717, 1.165) is 0 Å². The van der Waals surface area contributed by atoms with Gasteiger partial charge in [-0.15, -0.1) is 0 Å². The Kier molecular flexibility index (Phi) is 3.80. The van der Waals surface area contributed by atoms with Crippen LogP contribution in [0.2, 0.25) is 0 Å². The lowest BCUT2D eigenvalue weighted by Gasteiger charge is -2.38. The summed E-state index contributed by atoms with van der Waals surface area (Å²) in [5.74, 6) is 0. The van der Waals surface area contributed by atoms with Gasteiger partial charge in [0, 0.05) is 6.54 Å². The number of alkyl halides is 2. The van der Waals surface area contributed by atoms with Gasteiger partial charge in [-0.2, -0.15) is 8.78 Å². The lowest BCUT2D eigenvalue weighted by molar-refractivity contribution is -0.222. The number of aliphatic imine (C=N–C) groups is 1. The van der Waals surface area contributed by atoms with Gasteiger partial charge in [-0.3, -0.25) is 4.90 Å². The highest BCUT2D eigenvalue weighted by Gasteiger charge is 2.61.